The Balaban J connectivity index is 1.90. The van der Waals surface area contributed by atoms with Crippen molar-refractivity contribution in [1.29, 1.82) is 0 Å². The van der Waals surface area contributed by atoms with Crippen LogP contribution in [0.3, 0.4) is 0 Å². The molecule has 1 N–H and O–H groups in total. The van der Waals surface area contributed by atoms with Gasteiger partial charge in [-0.1, -0.05) is 83.0 Å². The number of ether oxygens (including phenoxy) is 1. The van der Waals surface area contributed by atoms with Gasteiger partial charge < -0.3 is 15.0 Å². The van der Waals surface area contributed by atoms with Crippen LogP contribution in [0.1, 0.15) is 42.5 Å². The zero-order chi connectivity index (χ0) is 26.1. The van der Waals surface area contributed by atoms with Gasteiger partial charge in [0.05, 0.1) is 0 Å². The molecule has 2 amide bonds. The molecule has 36 heavy (non-hydrogen) atoms. The van der Waals surface area contributed by atoms with E-state index in [1.807, 2.05) is 100 Å². The van der Waals surface area contributed by atoms with Gasteiger partial charge in [-0.25, -0.2) is 0 Å². The molecule has 0 radical (unpaired) electrons. The Morgan fingerprint density at radius 3 is 2.31 bits per heavy atom. The van der Waals surface area contributed by atoms with Gasteiger partial charge in [0.25, 0.3) is 5.91 Å². The molecular weight excluding hydrogens is 516 g/mol. The number of benzene rings is 3. The summed E-state index contributed by atoms with van der Waals surface area (Å²) in [5.74, 6) is 0.215. The van der Waals surface area contributed by atoms with Gasteiger partial charge in [0, 0.05) is 23.5 Å². The Morgan fingerprint density at radius 2 is 1.67 bits per heavy atom. The normalized spacial score (nSPS) is 12.5. The molecule has 0 aromatic heterocycles. The van der Waals surface area contributed by atoms with E-state index in [2.05, 4.69) is 21.2 Å². The van der Waals surface area contributed by atoms with Crippen LogP contribution in [0.2, 0.25) is 0 Å². The number of carbonyl (C=O) groups excluding carboxylic acids is 2. The first-order chi connectivity index (χ1) is 17.3. The van der Waals surface area contributed by atoms with E-state index in [9.17, 15) is 9.59 Å². The van der Waals surface area contributed by atoms with Crippen molar-refractivity contribution in [3.8, 4) is 5.75 Å². The van der Waals surface area contributed by atoms with Crippen LogP contribution < -0.4 is 10.1 Å². The molecule has 0 heterocycles. The van der Waals surface area contributed by atoms with Gasteiger partial charge >= 0.3 is 0 Å². The number of halogens is 1. The van der Waals surface area contributed by atoms with Crippen LogP contribution in [-0.2, 0) is 22.6 Å². The summed E-state index contributed by atoms with van der Waals surface area (Å²) < 4.78 is 6.86. The highest BCUT2D eigenvalue weighted by molar-refractivity contribution is 9.10. The molecule has 0 bridgehead atoms. The summed E-state index contributed by atoms with van der Waals surface area (Å²) >= 11 is 3.49. The van der Waals surface area contributed by atoms with Crippen molar-refractivity contribution in [3.05, 3.63) is 99.5 Å². The van der Waals surface area contributed by atoms with Crippen molar-refractivity contribution >= 4 is 27.7 Å². The Bertz CT molecular complexity index is 1150. The smallest absolute Gasteiger partial charge is 0.261 e. The molecule has 3 rings (SSSR count). The minimum Gasteiger partial charge on any atom is -0.484 e. The summed E-state index contributed by atoms with van der Waals surface area (Å²) in [4.78, 5) is 28.8. The number of amides is 2. The fraction of sp³-hybridized carbons (Fsp3) is 0.333. The number of rotatable bonds is 11. The first kappa shape index (κ1) is 27.5. The first-order valence-electron chi connectivity index (χ1n) is 12.3. The molecule has 3 aromatic carbocycles. The summed E-state index contributed by atoms with van der Waals surface area (Å²) in [7, 11) is 0. The summed E-state index contributed by atoms with van der Waals surface area (Å²) in [6, 6.07) is 22.8. The summed E-state index contributed by atoms with van der Waals surface area (Å²) in [5.41, 5.74) is 4.11. The standard InChI is InChI=1S/C30H35BrN2O3/c1-5-23(4)32-30(35)28(18-24-9-7-6-8-10-24)33(19-25-13-11-21(2)12-14-25)29(34)20-36-26-15-16-27(31)22(3)17-26/h6-17,23,28H,5,18-20H2,1-4H3,(H,32,35)/t23-,28-/m0/s1. The molecule has 5 nitrogen and oxygen atoms in total. The van der Waals surface area contributed by atoms with E-state index >= 15 is 0 Å². The maximum atomic E-state index is 13.6. The first-order valence-corrected chi connectivity index (χ1v) is 13.1. The van der Waals surface area contributed by atoms with Crippen molar-refractivity contribution in [2.75, 3.05) is 6.61 Å². The second-order valence-electron chi connectivity index (χ2n) is 9.23. The van der Waals surface area contributed by atoms with E-state index in [1.54, 1.807) is 4.90 Å². The molecule has 0 fully saturated rings. The van der Waals surface area contributed by atoms with Crippen LogP contribution in [0, 0.1) is 13.8 Å². The molecule has 0 saturated heterocycles. The highest BCUT2D eigenvalue weighted by Gasteiger charge is 2.31. The van der Waals surface area contributed by atoms with Gasteiger partial charge in [-0.2, -0.15) is 0 Å². The van der Waals surface area contributed by atoms with Crippen LogP contribution in [0.15, 0.2) is 77.3 Å². The zero-order valence-corrected chi connectivity index (χ0v) is 23.0. The summed E-state index contributed by atoms with van der Waals surface area (Å²) in [6.45, 7) is 8.15. The lowest BCUT2D eigenvalue weighted by molar-refractivity contribution is -0.143. The molecule has 0 spiro atoms. The largest absolute Gasteiger partial charge is 0.484 e. The topological polar surface area (TPSA) is 58.6 Å². The minimum atomic E-state index is -0.676. The quantitative estimate of drug-likeness (QED) is 0.318. The van der Waals surface area contributed by atoms with E-state index in [0.717, 1.165) is 33.1 Å². The molecule has 6 heteroatoms. The highest BCUT2D eigenvalue weighted by atomic mass is 79.9. The van der Waals surface area contributed by atoms with E-state index in [4.69, 9.17) is 4.74 Å². The Hall–Kier alpha value is -3.12. The molecule has 0 saturated carbocycles. The summed E-state index contributed by atoms with van der Waals surface area (Å²) in [6.07, 6.45) is 1.22. The SMILES string of the molecule is CC[C@H](C)NC(=O)[C@H](Cc1ccccc1)N(Cc1ccc(C)cc1)C(=O)COc1ccc(Br)c(C)c1. The third-order valence-corrected chi connectivity index (χ3v) is 7.13. The lowest BCUT2D eigenvalue weighted by atomic mass is 10.0. The predicted molar refractivity (Wildman–Crippen MR) is 148 cm³/mol. The maximum Gasteiger partial charge on any atom is 0.261 e. The molecule has 0 unspecified atom stereocenters. The highest BCUT2D eigenvalue weighted by Crippen LogP contribution is 2.22. The molecule has 0 aliphatic carbocycles. The van der Waals surface area contributed by atoms with E-state index in [-0.39, 0.29) is 24.5 Å². The Kier molecular flexibility index (Phi) is 10.1. The second kappa shape index (κ2) is 13.3. The molecule has 3 aromatic rings. The van der Waals surface area contributed by atoms with Crippen LogP contribution >= 0.6 is 15.9 Å². The summed E-state index contributed by atoms with van der Waals surface area (Å²) in [5, 5.41) is 3.09. The lowest BCUT2D eigenvalue weighted by Crippen LogP contribution is -2.53. The van der Waals surface area contributed by atoms with Crippen molar-refractivity contribution < 1.29 is 14.3 Å². The zero-order valence-electron chi connectivity index (χ0n) is 21.5. The van der Waals surface area contributed by atoms with E-state index in [0.29, 0.717) is 18.7 Å². The van der Waals surface area contributed by atoms with Gasteiger partial charge in [-0.15, -0.1) is 0 Å². The van der Waals surface area contributed by atoms with E-state index < -0.39 is 6.04 Å². The number of hydrogen-bond acceptors (Lipinski definition) is 3. The predicted octanol–water partition coefficient (Wildman–Crippen LogP) is 6.00. The molecule has 0 aliphatic heterocycles. The van der Waals surface area contributed by atoms with Gasteiger partial charge in [0.1, 0.15) is 11.8 Å². The number of carbonyl (C=O) groups is 2. The average molecular weight is 552 g/mol. The average Bonchev–Trinajstić information content (AvgIpc) is 2.88. The van der Waals surface area contributed by atoms with Crippen molar-refractivity contribution in [1.82, 2.24) is 10.2 Å². The van der Waals surface area contributed by atoms with Gasteiger partial charge in [-0.05, 0) is 62.1 Å². The fourth-order valence-electron chi connectivity index (χ4n) is 3.82. The van der Waals surface area contributed by atoms with Gasteiger partial charge in [0.15, 0.2) is 6.61 Å². The number of aryl methyl sites for hydroxylation is 2. The minimum absolute atomic E-state index is 0.00842. The van der Waals surface area contributed by atoms with Crippen LogP contribution in [-0.4, -0.2) is 35.4 Å². The van der Waals surface area contributed by atoms with Crippen LogP contribution in [0.4, 0.5) is 0 Å². The van der Waals surface area contributed by atoms with Gasteiger partial charge in [0.2, 0.25) is 5.91 Å². The molecule has 2 atom stereocenters. The number of nitrogens with zero attached hydrogens (tertiary/aromatic N) is 1. The number of nitrogens with one attached hydrogen (secondary N) is 1. The van der Waals surface area contributed by atoms with Crippen molar-refractivity contribution in [3.63, 3.8) is 0 Å². The van der Waals surface area contributed by atoms with Crippen molar-refractivity contribution in [2.24, 2.45) is 0 Å². The maximum absolute atomic E-state index is 13.6. The third-order valence-electron chi connectivity index (χ3n) is 6.24. The Morgan fingerprint density at radius 1 is 0.972 bits per heavy atom. The molecule has 0 aliphatic rings. The fourth-order valence-corrected chi connectivity index (χ4v) is 4.07. The Labute approximate surface area is 223 Å². The van der Waals surface area contributed by atoms with E-state index in [1.165, 1.54) is 0 Å². The van der Waals surface area contributed by atoms with Crippen LogP contribution in [0.25, 0.3) is 0 Å². The monoisotopic (exact) mass is 550 g/mol. The second-order valence-corrected chi connectivity index (χ2v) is 10.1. The third kappa shape index (κ3) is 7.95. The molecule has 190 valence electrons. The van der Waals surface area contributed by atoms with Crippen LogP contribution in [0.5, 0.6) is 5.75 Å². The lowest BCUT2D eigenvalue weighted by Gasteiger charge is -2.32. The number of hydrogen-bond donors (Lipinski definition) is 1. The molecular formula is C30H35BrN2O3. The van der Waals surface area contributed by atoms with Gasteiger partial charge in [-0.3, -0.25) is 9.59 Å². The van der Waals surface area contributed by atoms with Crippen molar-refractivity contribution in [2.45, 2.75) is 59.2 Å².